The lowest BCUT2D eigenvalue weighted by molar-refractivity contribution is 0.0927. The highest BCUT2D eigenvalue weighted by atomic mass is 79.9. The van der Waals surface area contributed by atoms with Crippen molar-refractivity contribution in [2.45, 2.75) is 159 Å². The average Bonchev–Trinajstić information content (AvgIpc) is 3.46. The number of aliphatic hydroxyl groups excluding tert-OH is 1. The lowest BCUT2D eigenvalue weighted by Crippen LogP contribution is -2.09. The first-order valence-electron chi connectivity index (χ1n) is 18.2. The van der Waals surface area contributed by atoms with Crippen molar-refractivity contribution in [2.24, 2.45) is 17.8 Å². The number of halogens is 1. The summed E-state index contributed by atoms with van der Waals surface area (Å²) in [7, 11) is 0. The van der Waals surface area contributed by atoms with E-state index in [4.69, 9.17) is 4.98 Å². The second kappa shape index (κ2) is 29.6. The number of hydrogen-bond donors (Lipinski definition) is 1. The van der Waals surface area contributed by atoms with Crippen LogP contribution >= 0.6 is 40.8 Å². The SMILES string of the molecule is Brc1ccccc1.CC(C)C.CCC(C)C(=O)c1nc2cc3c(nc2s1)CCCC3.CCCC(O)CCC(C)CC.CCCCC.S. The van der Waals surface area contributed by atoms with Crippen LogP contribution in [0.3, 0.4) is 0 Å². The molecule has 2 heterocycles. The van der Waals surface area contributed by atoms with Gasteiger partial charge in [0.05, 0.1) is 6.10 Å². The van der Waals surface area contributed by atoms with Crippen molar-refractivity contribution in [3.8, 4) is 0 Å². The van der Waals surface area contributed by atoms with Crippen LogP contribution in [0.1, 0.15) is 161 Å². The van der Waals surface area contributed by atoms with Crippen molar-refractivity contribution in [2.75, 3.05) is 0 Å². The van der Waals surface area contributed by atoms with Crippen molar-refractivity contribution < 1.29 is 9.90 Å². The average molecular weight is 754 g/mol. The molecule has 3 unspecified atom stereocenters. The normalized spacial score (nSPS) is 13.4. The van der Waals surface area contributed by atoms with E-state index in [9.17, 15) is 9.90 Å². The number of fused-ring (bicyclic) bond motifs is 2. The van der Waals surface area contributed by atoms with Crippen LogP contribution in [0.5, 0.6) is 0 Å². The second-order valence-electron chi connectivity index (χ2n) is 13.2. The van der Waals surface area contributed by atoms with E-state index in [1.807, 2.05) is 44.2 Å². The quantitative estimate of drug-likeness (QED) is 0.198. The highest BCUT2D eigenvalue weighted by molar-refractivity contribution is 9.10. The first-order valence-corrected chi connectivity index (χ1v) is 19.8. The van der Waals surface area contributed by atoms with Gasteiger partial charge >= 0.3 is 0 Å². The summed E-state index contributed by atoms with van der Waals surface area (Å²) in [6.07, 6.45) is 15.0. The van der Waals surface area contributed by atoms with Crippen LogP contribution < -0.4 is 0 Å². The maximum atomic E-state index is 12.2. The Bertz CT molecular complexity index is 1120. The molecule has 0 bridgehead atoms. The van der Waals surface area contributed by atoms with Crippen molar-refractivity contribution in [3.63, 3.8) is 0 Å². The predicted octanol–water partition coefficient (Wildman–Crippen LogP) is 13.2. The number of carbonyl (C=O) groups is 1. The summed E-state index contributed by atoms with van der Waals surface area (Å²) < 4.78 is 1.13. The minimum absolute atomic E-state index is 0. The molecule has 4 nitrogen and oxygen atoms in total. The minimum atomic E-state index is -0.0472. The van der Waals surface area contributed by atoms with Crippen molar-refractivity contribution in [1.29, 1.82) is 0 Å². The second-order valence-corrected chi connectivity index (χ2v) is 15.1. The van der Waals surface area contributed by atoms with Gasteiger partial charge in [0.1, 0.15) is 10.3 Å². The van der Waals surface area contributed by atoms with E-state index >= 15 is 0 Å². The molecule has 3 atom stereocenters. The Morgan fingerprint density at radius 3 is 1.91 bits per heavy atom. The van der Waals surface area contributed by atoms with Gasteiger partial charge < -0.3 is 5.11 Å². The molecule has 1 N–H and O–H groups in total. The van der Waals surface area contributed by atoms with Gasteiger partial charge in [-0.05, 0) is 87.0 Å². The number of benzene rings is 1. The number of ketones is 1. The highest BCUT2D eigenvalue weighted by Crippen LogP contribution is 2.28. The molecule has 1 aromatic carbocycles. The standard InChI is InChI=1S/C15H18N2OS.C10H22O.C6H5Br.C5H12.C4H10.H2S/c1-3-9(2)13(18)15-17-12-8-10-6-4-5-7-11(10)16-14(12)19-15;1-4-6-10(11)8-7-9(3)5-2;7-6-4-2-1-3-5-6;1-3-5-4-2;1-4(2)3;/h8-9H,3-7H2,1-2H3;9-11H,4-8H2,1-3H3;1-5H;3-5H2,1-2H3;4H,1-3H3;1H2. The molecule has 0 saturated carbocycles. The summed E-state index contributed by atoms with van der Waals surface area (Å²) in [4.78, 5) is 22.3. The Hall–Kier alpha value is -1.28. The van der Waals surface area contributed by atoms with Crippen LogP contribution in [-0.2, 0) is 12.8 Å². The predicted molar refractivity (Wildman–Crippen MR) is 218 cm³/mol. The van der Waals surface area contributed by atoms with Crippen molar-refractivity contribution >= 4 is 56.9 Å². The van der Waals surface area contributed by atoms with E-state index in [0.29, 0.717) is 5.01 Å². The lowest BCUT2D eigenvalue weighted by Gasteiger charge is -2.13. The number of hydrogen-bond acceptors (Lipinski definition) is 5. The molecular weight excluding hydrogens is 684 g/mol. The molecule has 3 aromatic rings. The summed E-state index contributed by atoms with van der Waals surface area (Å²) >= 11 is 4.76. The molecule has 0 radical (unpaired) electrons. The third kappa shape index (κ3) is 22.9. The monoisotopic (exact) mass is 752 g/mol. The van der Waals surface area contributed by atoms with E-state index < -0.39 is 0 Å². The molecule has 7 heteroatoms. The third-order valence-electron chi connectivity index (χ3n) is 7.68. The number of thiazole rings is 1. The molecule has 1 aliphatic carbocycles. The molecule has 4 rings (SSSR count). The van der Waals surface area contributed by atoms with E-state index in [1.54, 1.807) is 0 Å². The number of unbranched alkanes of at least 4 members (excludes halogenated alkanes) is 2. The van der Waals surface area contributed by atoms with Crippen LogP contribution in [0.4, 0.5) is 0 Å². The van der Waals surface area contributed by atoms with Gasteiger partial charge in [-0.15, -0.1) is 0 Å². The zero-order valence-corrected chi connectivity index (χ0v) is 34.9. The summed E-state index contributed by atoms with van der Waals surface area (Å²) in [5, 5.41) is 10.0. The van der Waals surface area contributed by atoms with Crippen LogP contribution in [0.2, 0.25) is 0 Å². The van der Waals surface area contributed by atoms with E-state index in [0.717, 1.165) is 65.2 Å². The van der Waals surface area contributed by atoms with Crippen molar-refractivity contribution in [1.82, 2.24) is 9.97 Å². The molecule has 1 aliphatic rings. The Morgan fingerprint density at radius 1 is 0.851 bits per heavy atom. The Balaban J connectivity index is 0. The van der Waals surface area contributed by atoms with Crippen LogP contribution in [0.25, 0.3) is 10.3 Å². The van der Waals surface area contributed by atoms with Gasteiger partial charge in [0, 0.05) is 16.1 Å². The first kappa shape index (κ1) is 47.8. The van der Waals surface area contributed by atoms with E-state index in [-0.39, 0.29) is 31.3 Å². The van der Waals surface area contributed by atoms with Gasteiger partial charge in [0.2, 0.25) is 0 Å². The Kier molecular flexibility index (Phi) is 30.1. The number of pyridine rings is 1. The number of aromatic nitrogens is 2. The molecular formula is C40H69BrN2O2S2. The number of Topliss-reactive ketones (excluding diaryl/α,β-unsaturated/α-hetero) is 1. The fourth-order valence-corrected chi connectivity index (χ4v) is 5.71. The molecule has 0 saturated heterocycles. The maximum absolute atomic E-state index is 12.2. The number of rotatable bonds is 11. The maximum Gasteiger partial charge on any atom is 0.194 e. The fourth-order valence-electron chi connectivity index (χ4n) is 4.41. The molecule has 47 heavy (non-hydrogen) atoms. The topological polar surface area (TPSA) is 63.1 Å². The molecule has 0 spiro atoms. The molecule has 0 fully saturated rings. The van der Waals surface area contributed by atoms with Gasteiger partial charge in [0.25, 0.3) is 0 Å². The number of aryl methyl sites for hydroxylation is 2. The summed E-state index contributed by atoms with van der Waals surface area (Å²) in [6, 6.07) is 12.1. The molecule has 270 valence electrons. The summed E-state index contributed by atoms with van der Waals surface area (Å²) in [6.45, 7) is 21.5. The lowest BCUT2D eigenvalue weighted by atomic mass is 9.96. The summed E-state index contributed by atoms with van der Waals surface area (Å²) in [5.41, 5.74) is 3.44. The largest absolute Gasteiger partial charge is 0.393 e. The van der Waals surface area contributed by atoms with Gasteiger partial charge in [0.15, 0.2) is 10.8 Å². The van der Waals surface area contributed by atoms with E-state index in [1.165, 1.54) is 67.5 Å². The van der Waals surface area contributed by atoms with E-state index in [2.05, 4.69) is 82.4 Å². The summed E-state index contributed by atoms with van der Waals surface area (Å²) in [5.74, 6) is 1.82. The van der Waals surface area contributed by atoms with Crippen molar-refractivity contribution in [3.05, 3.63) is 57.1 Å². The van der Waals surface area contributed by atoms with Gasteiger partial charge in [-0.2, -0.15) is 13.5 Å². The zero-order valence-electron chi connectivity index (χ0n) is 31.5. The third-order valence-corrected chi connectivity index (χ3v) is 9.19. The van der Waals surface area contributed by atoms with Crippen LogP contribution in [-0.4, -0.2) is 27.0 Å². The zero-order chi connectivity index (χ0) is 34.9. The molecule has 2 aromatic heterocycles. The van der Waals surface area contributed by atoms with Gasteiger partial charge in [-0.1, -0.05) is 147 Å². The fraction of sp³-hybridized carbons (Fsp3) is 0.675. The minimum Gasteiger partial charge on any atom is -0.393 e. The van der Waals surface area contributed by atoms with Gasteiger partial charge in [-0.25, -0.2) is 9.97 Å². The smallest absolute Gasteiger partial charge is 0.194 e. The Morgan fingerprint density at radius 2 is 1.45 bits per heavy atom. The molecule has 0 aliphatic heterocycles. The number of aliphatic hydroxyl groups is 1. The van der Waals surface area contributed by atoms with Crippen LogP contribution in [0.15, 0.2) is 40.9 Å². The van der Waals surface area contributed by atoms with Crippen LogP contribution in [0, 0.1) is 17.8 Å². The highest BCUT2D eigenvalue weighted by Gasteiger charge is 2.20. The first-order chi connectivity index (χ1) is 21.9. The number of carbonyl (C=O) groups excluding carboxylic acids is 1. The Labute approximate surface area is 309 Å². The molecule has 0 amide bonds. The number of nitrogens with zero attached hydrogens (tertiary/aromatic N) is 2. The van der Waals surface area contributed by atoms with Gasteiger partial charge in [-0.3, -0.25) is 4.79 Å².